The lowest BCUT2D eigenvalue weighted by atomic mass is 10.0. The molecule has 2 rings (SSSR count). The highest BCUT2D eigenvalue weighted by atomic mass is 35.5. The van der Waals surface area contributed by atoms with Gasteiger partial charge in [-0.25, -0.2) is 4.98 Å². The Morgan fingerprint density at radius 1 is 1.61 bits per heavy atom. The lowest BCUT2D eigenvalue weighted by molar-refractivity contribution is 0.166. The normalized spacial score (nSPS) is 20.1. The van der Waals surface area contributed by atoms with Gasteiger partial charge in [-0.2, -0.15) is 0 Å². The third kappa shape index (κ3) is 3.53. The zero-order valence-electron chi connectivity index (χ0n) is 10.4. The van der Waals surface area contributed by atoms with Crippen LogP contribution in [0, 0.1) is 5.92 Å². The fourth-order valence-corrected chi connectivity index (χ4v) is 2.12. The van der Waals surface area contributed by atoms with Gasteiger partial charge in [-0.3, -0.25) is 0 Å². The lowest BCUT2D eigenvalue weighted by Crippen LogP contribution is -2.23. The third-order valence-electron chi connectivity index (χ3n) is 2.99. The SMILES string of the molecule is CC[C@@H](C[C@H]1C=C(N)NC1)Oc1ccc(Cl)cn1. The van der Waals surface area contributed by atoms with E-state index < -0.39 is 0 Å². The number of hydrogen-bond donors (Lipinski definition) is 2. The molecule has 0 saturated heterocycles. The van der Waals surface area contributed by atoms with Crippen LogP contribution < -0.4 is 15.8 Å². The molecule has 0 saturated carbocycles. The van der Waals surface area contributed by atoms with Crippen LogP contribution in [0.1, 0.15) is 19.8 Å². The molecule has 98 valence electrons. The first-order chi connectivity index (χ1) is 8.67. The van der Waals surface area contributed by atoms with Crippen LogP contribution in [0.2, 0.25) is 5.02 Å². The van der Waals surface area contributed by atoms with E-state index in [4.69, 9.17) is 22.1 Å². The van der Waals surface area contributed by atoms with Crippen molar-refractivity contribution in [3.8, 4) is 5.88 Å². The number of pyridine rings is 1. The predicted octanol–water partition coefficient (Wildman–Crippen LogP) is 2.30. The number of halogens is 1. The highest BCUT2D eigenvalue weighted by molar-refractivity contribution is 6.30. The van der Waals surface area contributed by atoms with Gasteiger partial charge in [0.25, 0.3) is 0 Å². The molecule has 2 atom stereocenters. The number of hydrogen-bond acceptors (Lipinski definition) is 4. The van der Waals surface area contributed by atoms with Gasteiger partial charge in [0.05, 0.1) is 10.8 Å². The van der Waals surface area contributed by atoms with Gasteiger partial charge in [0.15, 0.2) is 0 Å². The second-order valence-corrected chi connectivity index (χ2v) is 4.90. The van der Waals surface area contributed by atoms with E-state index in [-0.39, 0.29) is 6.10 Å². The van der Waals surface area contributed by atoms with Gasteiger partial charge in [0, 0.05) is 24.7 Å². The maximum Gasteiger partial charge on any atom is 0.213 e. The van der Waals surface area contributed by atoms with Gasteiger partial charge in [0.2, 0.25) is 5.88 Å². The Bertz CT molecular complexity index is 419. The van der Waals surface area contributed by atoms with Crippen molar-refractivity contribution >= 4 is 11.6 Å². The topological polar surface area (TPSA) is 60.2 Å². The Morgan fingerprint density at radius 2 is 2.44 bits per heavy atom. The van der Waals surface area contributed by atoms with Crippen molar-refractivity contribution in [2.24, 2.45) is 11.7 Å². The van der Waals surface area contributed by atoms with E-state index in [2.05, 4.69) is 23.3 Å². The molecule has 0 unspecified atom stereocenters. The number of nitrogens with one attached hydrogen (secondary N) is 1. The third-order valence-corrected chi connectivity index (χ3v) is 3.22. The summed E-state index contributed by atoms with van der Waals surface area (Å²) < 4.78 is 5.85. The summed E-state index contributed by atoms with van der Waals surface area (Å²) in [6.45, 7) is 3.00. The van der Waals surface area contributed by atoms with Gasteiger partial charge in [-0.15, -0.1) is 0 Å². The Labute approximate surface area is 112 Å². The van der Waals surface area contributed by atoms with Crippen LogP contribution in [0.25, 0.3) is 0 Å². The molecular formula is C13H18ClN3O. The molecule has 1 aliphatic heterocycles. The molecule has 4 nitrogen and oxygen atoms in total. The second-order valence-electron chi connectivity index (χ2n) is 4.46. The largest absolute Gasteiger partial charge is 0.474 e. The van der Waals surface area contributed by atoms with Gasteiger partial charge in [0.1, 0.15) is 6.10 Å². The molecule has 5 heteroatoms. The van der Waals surface area contributed by atoms with Crippen molar-refractivity contribution in [2.75, 3.05) is 6.54 Å². The molecule has 1 aromatic rings. The molecule has 18 heavy (non-hydrogen) atoms. The van der Waals surface area contributed by atoms with Crippen LogP contribution in [0.3, 0.4) is 0 Å². The first-order valence-corrected chi connectivity index (χ1v) is 6.54. The van der Waals surface area contributed by atoms with Crippen molar-refractivity contribution in [3.05, 3.63) is 35.2 Å². The Morgan fingerprint density at radius 3 is 3.00 bits per heavy atom. The lowest BCUT2D eigenvalue weighted by Gasteiger charge is -2.19. The zero-order chi connectivity index (χ0) is 13.0. The van der Waals surface area contributed by atoms with Crippen LogP contribution in [-0.4, -0.2) is 17.6 Å². The quantitative estimate of drug-likeness (QED) is 0.859. The van der Waals surface area contributed by atoms with Crippen molar-refractivity contribution in [2.45, 2.75) is 25.9 Å². The number of aromatic nitrogens is 1. The van der Waals surface area contributed by atoms with E-state index in [0.717, 1.165) is 25.2 Å². The Hall–Kier alpha value is -1.42. The van der Waals surface area contributed by atoms with Crippen molar-refractivity contribution in [1.29, 1.82) is 0 Å². The Balaban J connectivity index is 1.91. The molecule has 0 amide bonds. The minimum Gasteiger partial charge on any atom is -0.474 e. The van der Waals surface area contributed by atoms with E-state index in [1.54, 1.807) is 18.3 Å². The molecule has 0 spiro atoms. The van der Waals surface area contributed by atoms with Crippen molar-refractivity contribution in [3.63, 3.8) is 0 Å². The summed E-state index contributed by atoms with van der Waals surface area (Å²) in [5.41, 5.74) is 5.69. The minimum absolute atomic E-state index is 0.146. The molecule has 1 aliphatic rings. The van der Waals surface area contributed by atoms with E-state index in [1.165, 1.54) is 0 Å². The molecule has 0 bridgehead atoms. The predicted molar refractivity (Wildman–Crippen MR) is 72.3 cm³/mol. The number of ether oxygens (including phenoxy) is 1. The van der Waals surface area contributed by atoms with Crippen LogP contribution in [0.4, 0.5) is 0 Å². The summed E-state index contributed by atoms with van der Waals surface area (Å²) in [7, 11) is 0. The van der Waals surface area contributed by atoms with E-state index in [9.17, 15) is 0 Å². The summed E-state index contributed by atoms with van der Waals surface area (Å²) in [6, 6.07) is 3.58. The van der Waals surface area contributed by atoms with Gasteiger partial charge in [-0.1, -0.05) is 18.5 Å². The molecule has 0 aromatic carbocycles. The van der Waals surface area contributed by atoms with Crippen LogP contribution in [0.15, 0.2) is 30.2 Å². The summed E-state index contributed by atoms with van der Waals surface area (Å²) in [5, 5.41) is 3.74. The average molecular weight is 268 g/mol. The monoisotopic (exact) mass is 267 g/mol. The highest BCUT2D eigenvalue weighted by Crippen LogP contribution is 2.20. The van der Waals surface area contributed by atoms with Gasteiger partial charge >= 0.3 is 0 Å². The number of nitrogens with zero attached hydrogens (tertiary/aromatic N) is 1. The van der Waals surface area contributed by atoms with Gasteiger partial charge < -0.3 is 15.8 Å². The summed E-state index contributed by atoms with van der Waals surface area (Å²) >= 11 is 5.79. The fourth-order valence-electron chi connectivity index (χ4n) is 2.01. The molecular weight excluding hydrogens is 250 g/mol. The van der Waals surface area contributed by atoms with Crippen molar-refractivity contribution in [1.82, 2.24) is 10.3 Å². The molecule has 3 N–H and O–H groups in total. The highest BCUT2D eigenvalue weighted by Gasteiger charge is 2.19. The zero-order valence-corrected chi connectivity index (χ0v) is 11.2. The first-order valence-electron chi connectivity index (χ1n) is 6.16. The van der Waals surface area contributed by atoms with E-state index in [0.29, 0.717) is 16.8 Å². The summed E-state index contributed by atoms with van der Waals surface area (Å²) in [4.78, 5) is 4.15. The summed E-state index contributed by atoms with van der Waals surface area (Å²) in [6.07, 6.45) is 5.68. The minimum atomic E-state index is 0.146. The fraction of sp³-hybridized carbons (Fsp3) is 0.462. The molecule has 0 aliphatic carbocycles. The van der Waals surface area contributed by atoms with Crippen LogP contribution >= 0.6 is 11.6 Å². The number of rotatable bonds is 5. The second kappa shape index (κ2) is 5.96. The molecule has 1 aromatic heterocycles. The molecule has 0 fully saturated rings. The maximum absolute atomic E-state index is 5.85. The average Bonchev–Trinajstić information content (AvgIpc) is 2.77. The van der Waals surface area contributed by atoms with Crippen LogP contribution in [-0.2, 0) is 0 Å². The molecule has 0 radical (unpaired) electrons. The first kappa shape index (κ1) is 13.0. The summed E-state index contributed by atoms with van der Waals surface area (Å²) in [5.74, 6) is 1.82. The standard InChI is InChI=1S/C13H18ClN3O/c1-2-11(5-9-6-12(15)16-7-9)18-13-4-3-10(14)8-17-13/h3-4,6,8-9,11,16H,2,5,7,15H2,1H3/t9-,11-/m0/s1. The number of nitrogens with two attached hydrogens (primary N) is 1. The van der Waals surface area contributed by atoms with E-state index in [1.807, 2.05) is 0 Å². The van der Waals surface area contributed by atoms with E-state index >= 15 is 0 Å². The van der Waals surface area contributed by atoms with Crippen LogP contribution in [0.5, 0.6) is 5.88 Å². The smallest absolute Gasteiger partial charge is 0.213 e. The van der Waals surface area contributed by atoms with Crippen molar-refractivity contribution < 1.29 is 4.74 Å². The maximum atomic E-state index is 5.85. The Kier molecular flexibility index (Phi) is 4.31. The molecule has 2 heterocycles. The van der Waals surface area contributed by atoms with Gasteiger partial charge in [-0.05, 0) is 25.0 Å².